The lowest BCUT2D eigenvalue weighted by Crippen LogP contribution is -2.38. The fourth-order valence-corrected chi connectivity index (χ4v) is 5.49. The van der Waals surface area contributed by atoms with E-state index in [1.54, 1.807) is 32.0 Å². The standard InChI is InChI=1S/C27H34N2O7S/c1-7-16-13-17(8-2)25(28-22(30)9-3)24-23(16)26(31)29(27(24)32)19(15-37(6,33)34)18-11-12-20(35-5)21(14-18)36-10-4/h11-14,19H,7-10,15H2,1-6H3,(H,28,30)/t19-/m1/s1. The predicted molar refractivity (Wildman–Crippen MR) is 141 cm³/mol. The van der Waals surface area contributed by atoms with Crippen LogP contribution in [0.5, 0.6) is 11.5 Å². The fourth-order valence-electron chi connectivity index (χ4n) is 4.58. The number of imide groups is 1. The average Bonchev–Trinajstić information content (AvgIpc) is 3.12. The maximum absolute atomic E-state index is 14.0. The molecule has 0 saturated heterocycles. The van der Waals surface area contributed by atoms with Crippen LogP contribution in [0.2, 0.25) is 0 Å². The first-order chi connectivity index (χ1) is 17.5. The summed E-state index contributed by atoms with van der Waals surface area (Å²) in [7, 11) is -2.15. The number of rotatable bonds is 11. The second kappa shape index (κ2) is 11.3. The average molecular weight is 531 g/mol. The maximum atomic E-state index is 14.0. The number of aryl methyl sites for hydroxylation is 2. The third-order valence-corrected chi connectivity index (χ3v) is 7.27. The van der Waals surface area contributed by atoms with Gasteiger partial charge in [-0.05, 0) is 48.6 Å². The lowest BCUT2D eigenvalue weighted by Gasteiger charge is -2.27. The minimum atomic E-state index is -3.63. The van der Waals surface area contributed by atoms with Gasteiger partial charge in [0.05, 0.1) is 42.3 Å². The van der Waals surface area contributed by atoms with Crippen molar-refractivity contribution in [3.8, 4) is 11.5 Å². The molecular weight excluding hydrogens is 496 g/mol. The summed E-state index contributed by atoms with van der Waals surface area (Å²) in [6.07, 6.45) is 2.27. The summed E-state index contributed by atoms with van der Waals surface area (Å²) in [5.74, 6) is -1.18. The first-order valence-electron chi connectivity index (χ1n) is 12.4. The van der Waals surface area contributed by atoms with Gasteiger partial charge in [-0.1, -0.05) is 32.9 Å². The van der Waals surface area contributed by atoms with Gasteiger partial charge in [-0.25, -0.2) is 8.42 Å². The minimum Gasteiger partial charge on any atom is -0.493 e. The summed E-state index contributed by atoms with van der Waals surface area (Å²) in [6.45, 7) is 7.62. The van der Waals surface area contributed by atoms with E-state index in [1.807, 2.05) is 19.9 Å². The molecule has 1 N–H and O–H groups in total. The molecule has 2 aromatic rings. The molecule has 1 aliphatic heterocycles. The van der Waals surface area contributed by atoms with Crippen molar-refractivity contribution >= 4 is 33.2 Å². The molecule has 200 valence electrons. The van der Waals surface area contributed by atoms with E-state index in [4.69, 9.17) is 9.47 Å². The number of amides is 3. The number of carbonyl (C=O) groups is 3. The highest BCUT2D eigenvalue weighted by Gasteiger charge is 2.45. The Hall–Kier alpha value is -3.40. The molecule has 0 fully saturated rings. The van der Waals surface area contributed by atoms with Crippen LogP contribution in [0.1, 0.15) is 77.6 Å². The summed E-state index contributed by atoms with van der Waals surface area (Å²) in [5.41, 5.74) is 2.45. The SMILES string of the molecule is CCOc1cc([C@@H](CS(C)(=O)=O)N2C(=O)c3c(CC)cc(CC)c(NC(=O)CC)c3C2=O)ccc1OC. The molecule has 0 unspecified atom stereocenters. The second-order valence-corrected chi connectivity index (χ2v) is 11.0. The number of sulfone groups is 1. The fraction of sp³-hybridized carbons (Fsp3) is 0.444. The highest BCUT2D eigenvalue weighted by molar-refractivity contribution is 7.90. The zero-order valence-corrected chi connectivity index (χ0v) is 23.0. The van der Waals surface area contributed by atoms with E-state index in [9.17, 15) is 22.8 Å². The van der Waals surface area contributed by atoms with Crippen LogP contribution in [-0.2, 0) is 27.5 Å². The Labute approximate surface area is 218 Å². The van der Waals surface area contributed by atoms with Gasteiger partial charge in [-0.15, -0.1) is 0 Å². The van der Waals surface area contributed by atoms with Crippen LogP contribution in [-0.4, -0.2) is 56.8 Å². The summed E-state index contributed by atoms with van der Waals surface area (Å²) in [6, 6.07) is 5.56. The van der Waals surface area contributed by atoms with Crippen LogP contribution in [0.25, 0.3) is 0 Å². The molecule has 1 aliphatic rings. The largest absolute Gasteiger partial charge is 0.493 e. The maximum Gasteiger partial charge on any atom is 0.264 e. The lowest BCUT2D eigenvalue weighted by atomic mass is 9.93. The van der Waals surface area contributed by atoms with E-state index in [0.717, 1.165) is 16.7 Å². The van der Waals surface area contributed by atoms with Crippen LogP contribution in [0.3, 0.4) is 0 Å². The quantitative estimate of drug-likeness (QED) is 0.437. The number of anilines is 1. The van der Waals surface area contributed by atoms with E-state index in [0.29, 0.717) is 47.8 Å². The summed E-state index contributed by atoms with van der Waals surface area (Å²) in [4.78, 5) is 41.2. The van der Waals surface area contributed by atoms with Gasteiger partial charge >= 0.3 is 0 Å². The van der Waals surface area contributed by atoms with Gasteiger partial charge < -0.3 is 14.8 Å². The summed E-state index contributed by atoms with van der Waals surface area (Å²) in [5, 5.41) is 2.81. The molecule has 3 rings (SSSR count). The third kappa shape index (κ3) is 5.64. The molecule has 0 saturated carbocycles. The Morgan fingerprint density at radius 3 is 2.16 bits per heavy atom. The van der Waals surface area contributed by atoms with E-state index in [-0.39, 0.29) is 23.5 Å². The number of nitrogens with zero attached hydrogens (tertiary/aromatic N) is 1. The normalized spacial score (nSPS) is 13.9. The van der Waals surface area contributed by atoms with Crippen LogP contribution < -0.4 is 14.8 Å². The van der Waals surface area contributed by atoms with Crippen LogP contribution in [0, 0.1) is 0 Å². The number of ether oxygens (including phenoxy) is 2. The molecule has 0 aliphatic carbocycles. The Morgan fingerprint density at radius 2 is 1.62 bits per heavy atom. The molecule has 0 radical (unpaired) electrons. The van der Waals surface area contributed by atoms with Gasteiger partial charge in [-0.3, -0.25) is 19.3 Å². The van der Waals surface area contributed by atoms with Crippen molar-refractivity contribution in [3.05, 3.63) is 52.1 Å². The number of hydrogen-bond donors (Lipinski definition) is 1. The van der Waals surface area contributed by atoms with Gasteiger partial charge in [0.15, 0.2) is 11.5 Å². The van der Waals surface area contributed by atoms with Crippen molar-refractivity contribution < 1.29 is 32.3 Å². The van der Waals surface area contributed by atoms with Crippen molar-refractivity contribution in [2.45, 2.75) is 53.0 Å². The molecule has 2 aromatic carbocycles. The monoisotopic (exact) mass is 530 g/mol. The molecule has 37 heavy (non-hydrogen) atoms. The summed E-state index contributed by atoms with van der Waals surface area (Å²) < 4.78 is 36.0. The highest BCUT2D eigenvalue weighted by atomic mass is 32.2. The zero-order valence-electron chi connectivity index (χ0n) is 22.1. The van der Waals surface area contributed by atoms with E-state index >= 15 is 0 Å². The Kier molecular flexibility index (Phi) is 8.63. The van der Waals surface area contributed by atoms with Gasteiger partial charge in [0.25, 0.3) is 11.8 Å². The van der Waals surface area contributed by atoms with Crippen molar-refractivity contribution in [2.24, 2.45) is 0 Å². The number of benzene rings is 2. The summed E-state index contributed by atoms with van der Waals surface area (Å²) >= 11 is 0. The first-order valence-corrected chi connectivity index (χ1v) is 14.4. The van der Waals surface area contributed by atoms with Gasteiger partial charge in [0, 0.05) is 12.7 Å². The number of carbonyl (C=O) groups excluding carboxylic acids is 3. The van der Waals surface area contributed by atoms with E-state index < -0.39 is 33.4 Å². The molecule has 3 amide bonds. The van der Waals surface area contributed by atoms with Gasteiger partial charge in [0.2, 0.25) is 5.91 Å². The Morgan fingerprint density at radius 1 is 0.973 bits per heavy atom. The topological polar surface area (TPSA) is 119 Å². The minimum absolute atomic E-state index is 0.111. The predicted octanol–water partition coefficient (Wildman–Crippen LogP) is 3.95. The van der Waals surface area contributed by atoms with Crippen molar-refractivity contribution in [2.75, 3.05) is 31.0 Å². The molecular formula is C27H34N2O7S. The smallest absolute Gasteiger partial charge is 0.264 e. The number of hydrogen-bond acceptors (Lipinski definition) is 7. The second-order valence-electron chi connectivity index (χ2n) is 8.86. The van der Waals surface area contributed by atoms with Crippen LogP contribution in [0.4, 0.5) is 5.69 Å². The third-order valence-electron chi connectivity index (χ3n) is 6.35. The molecule has 9 nitrogen and oxygen atoms in total. The highest BCUT2D eigenvalue weighted by Crippen LogP contribution is 2.41. The van der Waals surface area contributed by atoms with Crippen LogP contribution in [0.15, 0.2) is 24.3 Å². The van der Waals surface area contributed by atoms with Gasteiger partial charge in [0.1, 0.15) is 9.84 Å². The molecule has 10 heteroatoms. The van der Waals surface area contributed by atoms with Gasteiger partial charge in [-0.2, -0.15) is 0 Å². The van der Waals surface area contributed by atoms with Crippen molar-refractivity contribution in [3.63, 3.8) is 0 Å². The molecule has 1 heterocycles. The first kappa shape index (κ1) is 28.2. The number of nitrogens with one attached hydrogen (secondary N) is 1. The molecule has 0 aromatic heterocycles. The van der Waals surface area contributed by atoms with E-state index in [1.165, 1.54) is 7.11 Å². The van der Waals surface area contributed by atoms with E-state index in [2.05, 4.69) is 5.32 Å². The Bertz CT molecular complexity index is 1330. The van der Waals surface area contributed by atoms with Crippen molar-refractivity contribution in [1.29, 1.82) is 0 Å². The molecule has 1 atom stereocenters. The van der Waals surface area contributed by atoms with Crippen LogP contribution >= 0.6 is 0 Å². The Balaban J connectivity index is 2.25. The lowest BCUT2D eigenvalue weighted by molar-refractivity contribution is -0.115. The number of fused-ring (bicyclic) bond motifs is 1. The van der Waals surface area contributed by atoms with Crippen molar-refractivity contribution in [1.82, 2.24) is 4.90 Å². The molecule has 0 bridgehead atoms. The molecule has 0 spiro atoms. The number of methoxy groups -OCH3 is 1. The zero-order chi connectivity index (χ0) is 27.5.